The minimum atomic E-state index is 0.532. The molecule has 1 saturated heterocycles. The van der Waals surface area contributed by atoms with E-state index < -0.39 is 0 Å². The first-order chi connectivity index (χ1) is 9.29. The molecule has 4 rings (SSSR count). The van der Waals surface area contributed by atoms with Crippen LogP contribution in [-0.4, -0.2) is 37.2 Å². The molecule has 4 aliphatic rings. The Morgan fingerprint density at radius 3 is 2.74 bits per heavy atom. The summed E-state index contributed by atoms with van der Waals surface area (Å²) >= 11 is 0. The smallest absolute Gasteiger partial charge is 0.0575 e. The first-order valence-electron chi connectivity index (χ1n) is 8.39. The molecule has 0 spiro atoms. The normalized spacial score (nSPS) is 53.7. The van der Waals surface area contributed by atoms with Crippen LogP contribution in [-0.2, 0) is 4.74 Å². The minimum absolute atomic E-state index is 0.532. The van der Waals surface area contributed by atoms with Gasteiger partial charge in [-0.2, -0.15) is 0 Å². The summed E-state index contributed by atoms with van der Waals surface area (Å²) < 4.78 is 5.67. The van der Waals surface area contributed by atoms with E-state index >= 15 is 0 Å². The molecule has 7 atom stereocenters. The van der Waals surface area contributed by atoms with Gasteiger partial charge in [0.05, 0.1) is 6.10 Å². The summed E-state index contributed by atoms with van der Waals surface area (Å²) in [5, 5.41) is 0. The average molecular weight is 262 g/mol. The van der Waals surface area contributed by atoms with E-state index in [0.29, 0.717) is 6.10 Å². The summed E-state index contributed by atoms with van der Waals surface area (Å²) in [6.45, 7) is 0. The van der Waals surface area contributed by atoms with E-state index in [1.54, 1.807) is 0 Å². The standard InChI is InChI=1S/C17H28NO/c1-18-16-8-7-12(19-2)10-14(16)15-9-11-5-3-4-6-13(11)17(15)18/h9,11-17H,3-8,10H2,1-2H3. The lowest BCUT2D eigenvalue weighted by atomic mass is 9.76. The molecule has 1 heterocycles. The molecule has 2 heteroatoms. The van der Waals surface area contributed by atoms with Crippen molar-refractivity contribution in [1.82, 2.24) is 4.90 Å². The van der Waals surface area contributed by atoms with Crippen LogP contribution in [0.2, 0.25) is 0 Å². The van der Waals surface area contributed by atoms with Gasteiger partial charge in [0.15, 0.2) is 0 Å². The first-order valence-corrected chi connectivity index (χ1v) is 8.39. The highest BCUT2D eigenvalue weighted by molar-refractivity contribution is 5.16. The van der Waals surface area contributed by atoms with Crippen LogP contribution in [0.15, 0.2) is 0 Å². The third-order valence-corrected chi connectivity index (χ3v) is 6.81. The topological polar surface area (TPSA) is 12.5 Å². The van der Waals surface area contributed by atoms with Gasteiger partial charge >= 0.3 is 0 Å². The molecule has 4 fully saturated rings. The van der Waals surface area contributed by atoms with Crippen LogP contribution in [0.25, 0.3) is 0 Å². The van der Waals surface area contributed by atoms with Gasteiger partial charge in [-0.15, -0.1) is 0 Å². The average Bonchev–Trinajstić information content (AvgIpc) is 2.96. The highest BCUT2D eigenvalue weighted by atomic mass is 16.5. The minimum Gasteiger partial charge on any atom is -0.381 e. The molecule has 0 aromatic carbocycles. The molecular formula is C17H28NO. The van der Waals surface area contributed by atoms with Gasteiger partial charge in [-0.1, -0.05) is 12.8 Å². The molecule has 3 aliphatic carbocycles. The largest absolute Gasteiger partial charge is 0.381 e. The maximum absolute atomic E-state index is 5.67. The zero-order chi connectivity index (χ0) is 13.0. The van der Waals surface area contributed by atoms with Crippen molar-refractivity contribution in [3.8, 4) is 0 Å². The Labute approximate surface area is 117 Å². The molecule has 2 nitrogen and oxygen atoms in total. The van der Waals surface area contributed by atoms with Crippen molar-refractivity contribution in [1.29, 1.82) is 0 Å². The highest BCUT2D eigenvalue weighted by Gasteiger charge is 2.57. The predicted octanol–water partition coefficient (Wildman–Crippen LogP) is 3.12. The van der Waals surface area contributed by atoms with Crippen molar-refractivity contribution in [3.63, 3.8) is 0 Å². The van der Waals surface area contributed by atoms with Crippen molar-refractivity contribution >= 4 is 0 Å². The van der Waals surface area contributed by atoms with Crippen LogP contribution < -0.4 is 0 Å². The number of nitrogens with zero attached hydrogens (tertiary/aromatic N) is 1. The van der Waals surface area contributed by atoms with Gasteiger partial charge < -0.3 is 4.74 Å². The number of methoxy groups -OCH3 is 1. The number of rotatable bonds is 1. The zero-order valence-electron chi connectivity index (χ0n) is 12.4. The lowest BCUT2D eigenvalue weighted by molar-refractivity contribution is 0.0262. The first kappa shape index (κ1) is 12.6. The van der Waals surface area contributed by atoms with Gasteiger partial charge in [-0.3, -0.25) is 4.90 Å². The van der Waals surface area contributed by atoms with Crippen LogP contribution in [0.5, 0.6) is 0 Å². The summed E-state index contributed by atoms with van der Waals surface area (Å²) in [6, 6.07) is 1.72. The number of hydrogen-bond donors (Lipinski definition) is 0. The molecule has 3 saturated carbocycles. The third-order valence-electron chi connectivity index (χ3n) is 6.81. The van der Waals surface area contributed by atoms with E-state index in [9.17, 15) is 0 Å². The summed E-state index contributed by atoms with van der Waals surface area (Å²) in [5.74, 6) is 3.69. The molecule has 0 aromatic heterocycles. The number of ether oxygens (including phenoxy) is 1. The predicted molar refractivity (Wildman–Crippen MR) is 76.7 cm³/mol. The Morgan fingerprint density at radius 2 is 1.89 bits per heavy atom. The van der Waals surface area contributed by atoms with E-state index in [0.717, 1.165) is 35.8 Å². The number of likely N-dealkylation sites (tertiary alicyclic amines) is 1. The maximum atomic E-state index is 5.67. The van der Waals surface area contributed by atoms with Crippen molar-refractivity contribution in [3.05, 3.63) is 6.42 Å². The molecule has 19 heavy (non-hydrogen) atoms. The Balaban J connectivity index is 1.57. The Hall–Kier alpha value is -0.0800. The van der Waals surface area contributed by atoms with Crippen LogP contribution in [0.4, 0.5) is 0 Å². The van der Waals surface area contributed by atoms with Gasteiger partial charge in [0.1, 0.15) is 0 Å². The van der Waals surface area contributed by atoms with E-state index in [1.165, 1.54) is 44.9 Å². The van der Waals surface area contributed by atoms with Gasteiger partial charge in [0, 0.05) is 19.2 Å². The number of fused-ring (bicyclic) bond motifs is 5. The van der Waals surface area contributed by atoms with E-state index in [1.807, 2.05) is 7.11 Å². The molecule has 1 aliphatic heterocycles. The fraction of sp³-hybridized carbons (Fsp3) is 0.941. The van der Waals surface area contributed by atoms with Crippen LogP contribution in [0.1, 0.15) is 44.9 Å². The van der Waals surface area contributed by atoms with E-state index in [2.05, 4.69) is 18.4 Å². The third kappa shape index (κ3) is 1.82. The van der Waals surface area contributed by atoms with Crippen LogP contribution >= 0.6 is 0 Å². The zero-order valence-corrected chi connectivity index (χ0v) is 12.4. The summed E-state index contributed by atoms with van der Waals surface area (Å²) in [7, 11) is 4.32. The Bertz CT molecular complexity index is 344. The second-order valence-corrected chi connectivity index (χ2v) is 7.44. The van der Waals surface area contributed by atoms with Gasteiger partial charge in [-0.05, 0) is 69.2 Å². The Kier molecular flexibility index (Phi) is 3.15. The molecule has 0 N–H and O–H groups in total. The molecule has 1 radical (unpaired) electrons. The summed E-state index contributed by atoms with van der Waals surface area (Å²) in [5.41, 5.74) is 0. The lowest BCUT2D eigenvalue weighted by Crippen LogP contribution is -2.42. The Morgan fingerprint density at radius 1 is 1.05 bits per heavy atom. The van der Waals surface area contributed by atoms with Crippen molar-refractivity contribution < 1.29 is 4.74 Å². The SMILES string of the molecule is COC1CCC2C(C1)C1[CH]C3CCCCC3C1N2C. The van der Waals surface area contributed by atoms with Crippen molar-refractivity contribution in [2.24, 2.45) is 23.7 Å². The quantitative estimate of drug-likeness (QED) is 0.720. The van der Waals surface area contributed by atoms with Crippen molar-refractivity contribution in [2.75, 3.05) is 14.2 Å². The summed E-state index contributed by atoms with van der Waals surface area (Å²) in [6.07, 6.45) is 13.2. The van der Waals surface area contributed by atoms with Gasteiger partial charge in [0.2, 0.25) is 0 Å². The molecule has 0 aromatic rings. The fourth-order valence-corrected chi connectivity index (χ4v) is 6.01. The number of hydrogen-bond acceptors (Lipinski definition) is 2. The molecular weight excluding hydrogens is 234 g/mol. The molecule has 0 amide bonds. The van der Waals surface area contributed by atoms with E-state index in [-0.39, 0.29) is 0 Å². The molecule has 0 bridgehead atoms. The van der Waals surface area contributed by atoms with Crippen LogP contribution in [0, 0.1) is 30.1 Å². The fourth-order valence-electron chi connectivity index (χ4n) is 6.01. The maximum Gasteiger partial charge on any atom is 0.0575 e. The summed E-state index contributed by atoms with van der Waals surface area (Å²) in [4.78, 5) is 2.79. The molecule has 7 unspecified atom stereocenters. The molecule has 107 valence electrons. The second-order valence-electron chi connectivity index (χ2n) is 7.44. The second kappa shape index (κ2) is 4.73. The van der Waals surface area contributed by atoms with Crippen LogP contribution in [0.3, 0.4) is 0 Å². The van der Waals surface area contributed by atoms with Crippen molar-refractivity contribution in [2.45, 2.75) is 63.1 Å². The lowest BCUT2D eigenvalue weighted by Gasteiger charge is -2.38. The van der Waals surface area contributed by atoms with Gasteiger partial charge in [-0.25, -0.2) is 0 Å². The monoisotopic (exact) mass is 262 g/mol. The van der Waals surface area contributed by atoms with E-state index in [4.69, 9.17) is 4.74 Å². The van der Waals surface area contributed by atoms with Gasteiger partial charge in [0.25, 0.3) is 0 Å². The highest BCUT2D eigenvalue weighted by Crippen LogP contribution is 2.56.